The average molecular weight is 463 g/mol. The molecule has 1 aromatic carbocycles. The van der Waals surface area contributed by atoms with E-state index in [9.17, 15) is 19.2 Å². The van der Waals surface area contributed by atoms with Gasteiger partial charge in [0.2, 0.25) is 5.91 Å². The van der Waals surface area contributed by atoms with Gasteiger partial charge in [-0.15, -0.1) is 0 Å². The van der Waals surface area contributed by atoms with E-state index in [2.05, 4.69) is 0 Å². The van der Waals surface area contributed by atoms with Gasteiger partial charge >= 0.3 is 18.0 Å². The molecule has 3 atom stereocenters. The highest BCUT2D eigenvalue weighted by Crippen LogP contribution is 2.31. The first-order chi connectivity index (χ1) is 15.4. The Morgan fingerprint density at radius 3 is 2.24 bits per heavy atom. The zero-order chi connectivity index (χ0) is 24.9. The van der Waals surface area contributed by atoms with Gasteiger partial charge in [0.05, 0.1) is 13.0 Å². The van der Waals surface area contributed by atoms with E-state index in [0.29, 0.717) is 0 Å². The summed E-state index contributed by atoms with van der Waals surface area (Å²) < 4.78 is 15.6. The quantitative estimate of drug-likeness (QED) is 0.453. The van der Waals surface area contributed by atoms with Crippen molar-refractivity contribution < 1.29 is 33.4 Å². The second kappa shape index (κ2) is 10.7. The van der Waals surface area contributed by atoms with Gasteiger partial charge in [0.1, 0.15) is 24.3 Å². The van der Waals surface area contributed by atoms with Crippen molar-refractivity contribution >= 4 is 23.9 Å². The van der Waals surface area contributed by atoms with Crippen LogP contribution < -0.4 is 0 Å². The highest BCUT2D eigenvalue weighted by molar-refractivity contribution is 5.94. The number of hydrogen-bond donors (Lipinski definition) is 0. The monoisotopic (exact) mass is 462 g/mol. The van der Waals surface area contributed by atoms with Crippen molar-refractivity contribution in [2.45, 2.75) is 58.9 Å². The number of carbonyl (C=O) groups is 4. The molecule has 0 radical (unpaired) electrons. The van der Waals surface area contributed by atoms with Crippen LogP contribution in [0.5, 0.6) is 0 Å². The Morgan fingerprint density at radius 1 is 1.12 bits per heavy atom. The fourth-order valence-corrected chi connectivity index (χ4v) is 3.73. The smallest absolute Gasteiger partial charge is 0.411 e. The predicted molar refractivity (Wildman–Crippen MR) is 120 cm³/mol. The lowest BCUT2D eigenvalue weighted by atomic mass is 9.86. The van der Waals surface area contributed by atoms with Crippen LogP contribution in [0.2, 0.25) is 0 Å². The van der Waals surface area contributed by atoms with Gasteiger partial charge in [0.15, 0.2) is 0 Å². The molecule has 1 heterocycles. The number of ether oxygens (including phenoxy) is 3. The number of likely N-dealkylation sites (N-methyl/N-ethyl adjacent to an activating group) is 1. The summed E-state index contributed by atoms with van der Waals surface area (Å²) in [7, 11) is 2.69. The van der Waals surface area contributed by atoms with Crippen molar-refractivity contribution in [3.05, 3.63) is 35.9 Å². The zero-order valence-electron chi connectivity index (χ0n) is 20.4. The minimum Gasteiger partial charge on any atom is -0.467 e. The number of nitrogens with zero attached hydrogens (tertiary/aromatic N) is 2. The second-order valence-electron chi connectivity index (χ2n) is 9.44. The van der Waals surface area contributed by atoms with E-state index in [-0.39, 0.29) is 19.1 Å². The molecule has 1 saturated heterocycles. The van der Waals surface area contributed by atoms with Crippen molar-refractivity contribution in [2.75, 3.05) is 20.7 Å². The number of likely N-dealkylation sites (tertiary alicyclic amines) is 1. The van der Waals surface area contributed by atoms with Crippen LogP contribution in [-0.2, 0) is 35.2 Å². The summed E-state index contributed by atoms with van der Waals surface area (Å²) in [6.45, 7) is 8.83. The number of esters is 2. The molecule has 1 aliphatic heterocycles. The first kappa shape index (κ1) is 26.2. The number of carbonyl (C=O) groups excluding carboxylic acids is 4. The Labute approximate surface area is 195 Å². The van der Waals surface area contributed by atoms with Crippen LogP contribution >= 0.6 is 0 Å². The molecule has 2 rings (SSSR count). The minimum atomic E-state index is -1.12. The number of benzene rings is 1. The molecule has 9 heteroatoms. The summed E-state index contributed by atoms with van der Waals surface area (Å²) in [6.07, 6.45) is -0.702. The molecule has 0 saturated carbocycles. The van der Waals surface area contributed by atoms with Crippen LogP contribution in [0.1, 0.15) is 40.2 Å². The van der Waals surface area contributed by atoms with Crippen molar-refractivity contribution in [3.63, 3.8) is 0 Å². The second-order valence-corrected chi connectivity index (χ2v) is 9.44. The van der Waals surface area contributed by atoms with Crippen molar-refractivity contribution in [3.8, 4) is 0 Å². The summed E-state index contributed by atoms with van der Waals surface area (Å²) in [5.41, 5.74) is 0.0783. The van der Waals surface area contributed by atoms with Crippen LogP contribution in [0, 0.1) is 11.8 Å². The van der Waals surface area contributed by atoms with Crippen LogP contribution in [0.25, 0.3) is 0 Å². The lowest BCUT2D eigenvalue weighted by molar-refractivity contribution is -0.168. The van der Waals surface area contributed by atoms with Crippen molar-refractivity contribution in [2.24, 2.45) is 11.8 Å². The Morgan fingerprint density at radius 2 is 1.73 bits per heavy atom. The molecule has 1 aliphatic rings. The third-order valence-corrected chi connectivity index (χ3v) is 5.36. The van der Waals surface area contributed by atoms with E-state index in [1.54, 1.807) is 20.8 Å². The fraction of sp³-hybridized carbons (Fsp3) is 0.583. The third-order valence-electron chi connectivity index (χ3n) is 5.36. The summed E-state index contributed by atoms with van der Waals surface area (Å²) in [4.78, 5) is 53.4. The average Bonchev–Trinajstić information content (AvgIpc) is 2.70. The topological polar surface area (TPSA) is 102 Å². The molecule has 0 N–H and O–H groups in total. The molecule has 0 unspecified atom stereocenters. The molecule has 9 nitrogen and oxygen atoms in total. The molecule has 1 aromatic rings. The molecular formula is C24H34N2O7. The SMILES string of the molecule is COC(=O)[C@@H]1[C@@H](C(=O)N(C)[C@H](C(=O)OCc2ccccc2)C(C)C)CN1C(=O)OC(C)(C)C. The first-order valence-electron chi connectivity index (χ1n) is 10.9. The molecule has 182 valence electrons. The predicted octanol–water partition coefficient (Wildman–Crippen LogP) is 2.62. The molecule has 1 fully saturated rings. The summed E-state index contributed by atoms with van der Waals surface area (Å²) in [6, 6.07) is 7.27. The fourth-order valence-electron chi connectivity index (χ4n) is 3.73. The van der Waals surface area contributed by atoms with Gasteiger partial charge in [-0.1, -0.05) is 44.2 Å². The maximum atomic E-state index is 13.3. The number of rotatable bonds is 7. The summed E-state index contributed by atoms with van der Waals surface area (Å²) in [5, 5.41) is 0. The highest BCUT2D eigenvalue weighted by Gasteiger charge is 2.54. The van der Waals surface area contributed by atoms with E-state index in [1.165, 1.54) is 24.0 Å². The Balaban J connectivity index is 2.12. The van der Waals surface area contributed by atoms with Crippen LogP contribution in [0.4, 0.5) is 4.79 Å². The van der Waals surface area contributed by atoms with Gasteiger partial charge in [-0.25, -0.2) is 14.4 Å². The van der Waals surface area contributed by atoms with Gasteiger partial charge < -0.3 is 19.1 Å². The number of amides is 2. The lowest BCUT2D eigenvalue weighted by Crippen LogP contribution is -2.68. The van der Waals surface area contributed by atoms with Crippen LogP contribution in [0.15, 0.2) is 30.3 Å². The molecule has 0 bridgehead atoms. The summed E-state index contributed by atoms with van der Waals surface area (Å²) >= 11 is 0. The number of methoxy groups -OCH3 is 1. The molecule has 0 spiro atoms. The molecular weight excluding hydrogens is 428 g/mol. The van der Waals surface area contributed by atoms with E-state index < -0.39 is 47.5 Å². The highest BCUT2D eigenvalue weighted by atomic mass is 16.6. The standard InChI is InChI=1S/C24H34N2O7/c1-15(2)18(22(29)32-14-16-11-9-8-10-12-16)25(6)20(27)17-13-26(19(17)21(28)31-7)23(30)33-24(3,4)5/h8-12,15,17-19H,13-14H2,1-7H3/t17-,18-,19-/m0/s1. The Hall–Kier alpha value is -3.10. The molecule has 33 heavy (non-hydrogen) atoms. The van der Waals surface area contributed by atoms with Crippen LogP contribution in [0.3, 0.4) is 0 Å². The van der Waals surface area contributed by atoms with Gasteiger partial charge in [0.25, 0.3) is 0 Å². The Bertz CT molecular complexity index is 863. The maximum Gasteiger partial charge on any atom is 0.411 e. The van der Waals surface area contributed by atoms with E-state index in [4.69, 9.17) is 14.2 Å². The van der Waals surface area contributed by atoms with E-state index in [0.717, 1.165) is 5.56 Å². The van der Waals surface area contributed by atoms with Gasteiger partial charge in [0, 0.05) is 13.6 Å². The molecule has 2 amide bonds. The molecule has 0 aromatic heterocycles. The van der Waals surface area contributed by atoms with E-state index in [1.807, 2.05) is 44.2 Å². The van der Waals surface area contributed by atoms with Crippen LogP contribution in [-0.4, -0.2) is 72.1 Å². The zero-order valence-corrected chi connectivity index (χ0v) is 20.4. The lowest BCUT2D eigenvalue weighted by Gasteiger charge is -2.46. The first-order valence-corrected chi connectivity index (χ1v) is 10.9. The minimum absolute atomic E-state index is 0.0122. The van der Waals surface area contributed by atoms with Crippen molar-refractivity contribution in [1.29, 1.82) is 0 Å². The van der Waals surface area contributed by atoms with Crippen molar-refractivity contribution in [1.82, 2.24) is 9.80 Å². The number of hydrogen-bond acceptors (Lipinski definition) is 7. The van der Waals surface area contributed by atoms with Gasteiger partial charge in [-0.2, -0.15) is 0 Å². The largest absolute Gasteiger partial charge is 0.467 e. The summed E-state index contributed by atoms with van der Waals surface area (Å²) in [5.74, 6) is -2.78. The normalized spacial score (nSPS) is 18.7. The van der Waals surface area contributed by atoms with Gasteiger partial charge in [-0.05, 0) is 32.3 Å². The molecule has 0 aliphatic carbocycles. The van der Waals surface area contributed by atoms with E-state index >= 15 is 0 Å². The van der Waals surface area contributed by atoms with Gasteiger partial charge in [-0.3, -0.25) is 9.69 Å². The Kier molecular flexibility index (Phi) is 8.46. The maximum absolute atomic E-state index is 13.3. The third kappa shape index (κ3) is 6.46.